The minimum absolute atomic E-state index is 0.0331. The minimum atomic E-state index is -4.42. The van der Waals surface area contributed by atoms with E-state index in [1.165, 1.54) is 4.01 Å². The molecule has 11 heteroatoms. The summed E-state index contributed by atoms with van der Waals surface area (Å²) < 4.78 is 38.9. The van der Waals surface area contributed by atoms with E-state index < -0.39 is 16.0 Å². The number of aromatic nitrogens is 1. The van der Waals surface area contributed by atoms with Gasteiger partial charge in [0.2, 0.25) is 5.52 Å². The molecular formula is C18H18BrClN2O3S4. The molecule has 2 aliphatic rings. The Balaban J connectivity index is 0.00000117. The number of hydrogen-bond donors (Lipinski definition) is 0. The molecule has 3 heterocycles. The average molecular weight is 554 g/mol. The van der Waals surface area contributed by atoms with Crippen LogP contribution < -0.4 is 4.57 Å². The van der Waals surface area contributed by atoms with E-state index in [0.717, 1.165) is 25.9 Å². The van der Waals surface area contributed by atoms with Crippen molar-refractivity contribution in [2.75, 3.05) is 5.88 Å². The normalized spacial score (nSPS) is 22.6. The van der Waals surface area contributed by atoms with Crippen LogP contribution in [0.15, 0.2) is 51.3 Å². The van der Waals surface area contributed by atoms with E-state index in [1.54, 1.807) is 39.3 Å². The molecule has 1 aliphatic heterocycles. The standard InChI is InChI=1S/C16H14BrClN2O3S4.C2H4/c1-2-19-11-6-13(17)25-16(11)26-14(19)7-15-20(8-27(21,22)23)10-5-9(18)3-4-12(10)24-15;1-2/h3-7,10,12H,2,8H2,1H3;1-2H2. The number of thioether (sulfide) groups is 1. The van der Waals surface area contributed by atoms with Crippen LogP contribution in [0, 0.1) is 0 Å². The van der Waals surface area contributed by atoms with Crippen molar-refractivity contribution >= 4 is 87.7 Å². The molecule has 5 nitrogen and oxygen atoms in total. The lowest BCUT2D eigenvalue weighted by molar-refractivity contribution is -0.665. The van der Waals surface area contributed by atoms with Crippen LogP contribution in [0.1, 0.15) is 11.9 Å². The van der Waals surface area contributed by atoms with Crippen molar-refractivity contribution in [2.45, 2.75) is 24.8 Å². The highest BCUT2D eigenvalue weighted by Crippen LogP contribution is 2.44. The number of halogens is 2. The summed E-state index contributed by atoms with van der Waals surface area (Å²) >= 11 is 14.5. The van der Waals surface area contributed by atoms with Gasteiger partial charge in [-0.25, -0.2) is 8.42 Å². The topological polar surface area (TPSA) is 64.3 Å². The summed E-state index contributed by atoms with van der Waals surface area (Å²) in [7, 11) is -4.42. The SMILES string of the molecule is C=C.CC[n+]1c(C=C2SC3C=CC(Cl)=CC3N2CS(=O)(=O)[O-])sc2sc(Br)cc21. The van der Waals surface area contributed by atoms with Crippen molar-refractivity contribution in [1.82, 2.24) is 4.90 Å². The zero-order chi connectivity index (χ0) is 21.3. The van der Waals surface area contributed by atoms with Gasteiger partial charge in [-0.1, -0.05) is 40.8 Å². The number of hydrogen-bond acceptors (Lipinski definition) is 7. The molecule has 1 fully saturated rings. The minimum Gasteiger partial charge on any atom is -0.747 e. The fourth-order valence-electron chi connectivity index (χ4n) is 3.19. The summed E-state index contributed by atoms with van der Waals surface area (Å²) in [6.45, 7) is 8.87. The first-order chi connectivity index (χ1) is 13.7. The molecule has 0 aromatic carbocycles. The molecule has 156 valence electrons. The Hall–Kier alpha value is -0.620. The van der Waals surface area contributed by atoms with Gasteiger partial charge in [0.1, 0.15) is 22.5 Å². The van der Waals surface area contributed by atoms with Crippen LogP contribution in [0.2, 0.25) is 0 Å². The first-order valence-electron chi connectivity index (χ1n) is 8.51. The Morgan fingerprint density at radius 1 is 1.41 bits per heavy atom. The number of thiazole rings is 1. The third-order valence-electron chi connectivity index (χ3n) is 4.28. The number of thiophene rings is 1. The maximum atomic E-state index is 11.5. The summed E-state index contributed by atoms with van der Waals surface area (Å²) in [5.74, 6) is -0.571. The van der Waals surface area contributed by atoms with Gasteiger partial charge in [0.15, 0.2) is 4.01 Å². The van der Waals surface area contributed by atoms with Gasteiger partial charge >= 0.3 is 0 Å². The molecule has 2 aromatic rings. The molecule has 0 N–H and O–H groups in total. The molecule has 1 saturated heterocycles. The van der Waals surface area contributed by atoms with Gasteiger partial charge in [0.25, 0.3) is 5.01 Å². The van der Waals surface area contributed by atoms with E-state index in [-0.39, 0.29) is 11.3 Å². The lowest BCUT2D eigenvalue weighted by Crippen LogP contribution is -2.37. The molecule has 0 radical (unpaired) electrons. The molecular weight excluding hydrogens is 536 g/mol. The van der Waals surface area contributed by atoms with Gasteiger partial charge < -0.3 is 9.45 Å². The number of nitrogens with zero attached hydrogens (tertiary/aromatic N) is 2. The highest BCUT2D eigenvalue weighted by atomic mass is 79.9. The van der Waals surface area contributed by atoms with Crippen LogP contribution in [-0.4, -0.2) is 35.0 Å². The number of rotatable bonds is 4. The summed E-state index contributed by atoms with van der Waals surface area (Å²) in [6, 6.07) is 1.85. The molecule has 1 aliphatic carbocycles. The molecule has 0 bridgehead atoms. The van der Waals surface area contributed by atoms with Gasteiger partial charge in [0, 0.05) is 11.1 Å². The highest BCUT2D eigenvalue weighted by Gasteiger charge is 2.38. The van der Waals surface area contributed by atoms with Crippen molar-refractivity contribution in [3.8, 4) is 0 Å². The quantitative estimate of drug-likeness (QED) is 0.299. The van der Waals surface area contributed by atoms with Crippen molar-refractivity contribution in [3.63, 3.8) is 0 Å². The smallest absolute Gasteiger partial charge is 0.266 e. The second-order valence-electron chi connectivity index (χ2n) is 6.03. The molecule has 0 spiro atoms. The monoisotopic (exact) mass is 552 g/mol. The summed E-state index contributed by atoms with van der Waals surface area (Å²) in [5, 5.41) is 2.38. The molecule has 2 atom stereocenters. The van der Waals surface area contributed by atoms with E-state index in [9.17, 15) is 13.0 Å². The number of fused-ring (bicyclic) bond motifs is 2. The van der Waals surface area contributed by atoms with Gasteiger partial charge in [0.05, 0.1) is 26.2 Å². The molecule has 2 unspecified atom stereocenters. The van der Waals surface area contributed by atoms with Crippen molar-refractivity contribution in [2.24, 2.45) is 0 Å². The zero-order valence-corrected chi connectivity index (χ0v) is 21.0. The van der Waals surface area contributed by atoms with Crippen LogP contribution in [0.25, 0.3) is 15.6 Å². The van der Waals surface area contributed by atoms with Crippen LogP contribution >= 0.6 is 62.0 Å². The predicted octanol–water partition coefficient (Wildman–Crippen LogP) is 5.11. The van der Waals surface area contributed by atoms with Crippen molar-refractivity contribution in [1.29, 1.82) is 0 Å². The molecule has 2 aromatic heterocycles. The second kappa shape index (κ2) is 9.25. The Kier molecular flexibility index (Phi) is 7.35. The van der Waals surface area contributed by atoms with Gasteiger partial charge in [-0.15, -0.1) is 24.5 Å². The second-order valence-corrected chi connectivity index (χ2v) is 12.8. The Bertz CT molecular complexity index is 1120. The number of allylic oxidation sites excluding steroid dienone is 2. The average Bonchev–Trinajstić information content (AvgIpc) is 3.26. The largest absolute Gasteiger partial charge is 0.747 e. The Morgan fingerprint density at radius 3 is 2.79 bits per heavy atom. The van der Waals surface area contributed by atoms with Crippen molar-refractivity contribution in [3.05, 3.63) is 56.3 Å². The Labute approximate surface area is 195 Å². The van der Waals surface area contributed by atoms with E-state index in [0.29, 0.717) is 5.03 Å². The van der Waals surface area contributed by atoms with E-state index in [4.69, 9.17) is 11.6 Å². The summed E-state index contributed by atoms with van der Waals surface area (Å²) in [6.07, 6.45) is 7.57. The first-order valence-corrected chi connectivity index (χ1v) is 13.8. The zero-order valence-electron chi connectivity index (χ0n) is 15.4. The lowest BCUT2D eigenvalue weighted by Gasteiger charge is -2.28. The number of aryl methyl sites for hydroxylation is 1. The van der Waals surface area contributed by atoms with Crippen LogP contribution in [-0.2, 0) is 16.7 Å². The summed E-state index contributed by atoms with van der Waals surface area (Å²) in [4.78, 5) is 1.65. The Morgan fingerprint density at radius 2 is 2.14 bits per heavy atom. The lowest BCUT2D eigenvalue weighted by atomic mass is 10.1. The highest BCUT2D eigenvalue weighted by molar-refractivity contribution is 9.11. The fraction of sp³-hybridized carbons (Fsp3) is 0.278. The summed E-state index contributed by atoms with van der Waals surface area (Å²) in [5.41, 5.74) is 1.15. The van der Waals surface area contributed by atoms with E-state index >= 15 is 0 Å². The molecule has 0 saturated carbocycles. The van der Waals surface area contributed by atoms with E-state index in [1.807, 2.05) is 24.3 Å². The van der Waals surface area contributed by atoms with Crippen LogP contribution in [0.5, 0.6) is 0 Å². The van der Waals surface area contributed by atoms with Crippen LogP contribution in [0.3, 0.4) is 0 Å². The molecule has 0 amide bonds. The van der Waals surface area contributed by atoms with Crippen molar-refractivity contribution < 1.29 is 17.5 Å². The van der Waals surface area contributed by atoms with E-state index in [2.05, 4.69) is 46.6 Å². The fourth-order valence-corrected chi connectivity index (χ4v) is 8.81. The molecule has 4 rings (SSSR count). The van der Waals surface area contributed by atoms with Crippen LogP contribution in [0.4, 0.5) is 0 Å². The maximum Gasteiger partial charge on any atom is 0.266 e. The first kappa shape index (κ1) is 23.1. The third kappa shape index (κ3) is 5.00. The van der Waals surface area contributed by atoms with Gasteiger partial charge in [-0.2, -0.15) is 4.57 Å². The molecule has 29 heavy (non-hydrogen) atoms. The van der Waals surface area contributed by atoms with Gasteiger partial charge in [-0.3, -0.25) is 0 Å². The predicted molar refractivity (Wildman–Crippen MR) is 127 cm³/mol. The van der Waals surface area contributed by atoms with Gasteiger partial charge in [-0.05, 0) is 35.0 Å². The maximum absolute atomic E-state index is 11.5. The third-order valence-corrected chi connectivity index (χ3v) is 9.29.